The lowest BCUT2D eigenvalue weighted by atomic mass is 10.0. The fourth-order valence-corrected chi connectivity index (χ4v) is 2.72. The standard InChI is InChI=1S/C19H15NO/c1-2-4-17-12-14(5-7-16(17)3-1)11-15-6-8-19-18(13-15)20-9-10-21-19/h1-10,12-13,20H,11H2. The molecular formula is C19H15NO. The lowest BCUT2D eigenvalue weighted by Gasteiger charge is -2.14. The van der Waals surface area contributed by atoms with Gasteiger partial charge in [-0.15, -0.1) is 0 Å². The van der Waals surface area contributed by atoms with E-state index >= 15 is 0 Å². The summed E-state index contributed by atoms with van der Waals surface area (Å²) in [5.41, 5.74) is 3.62. The smallest absolute Gasteiger partial charge is 0.150 e. The van der Waals surface area contributed by atoms with E-state index in [0.29, 0.717) is 0 Å². The highest BCUT2D eigenvalue weighted by atomic mass is 16.5. The van der Waals surface area contributed by atoms with Gasteiger partial charge in [-0.1, -0.05) is 48.5 Å². The molecule has 4 rings (SSSR count). The Hall–Kier alpha value is -2.74. The van der Waals surface area contributed by atoms with E-state index in [1.54, 1.807) is 6.26 Å². The summed E-state index contributed by atoms with van der Waals surface area (Å²) in [4.78, 5) is 0. The van der Waals surface area contributed by atoms with Crippen LogP contribution in [0.3, 0.4) is 0 Å². The number of hydrogen-bond donors (Lipinski definition) is 1. The third kappa shape index (κ3) is 2.36. The van der Waals surface area contributed by atoms with Crippen molar-refractivity contribution >= 4 is 16.5 Å². The Labute approximate surface area is 123 Å². The van der Waals surface area contributed by atoms with Crippen LogP contribution in [0.15, 0.2) is 73.1 Å². The van der Waals surface area contributed by atoms with Gasteiger partial charge >= 0.3 is 0 Å². The fourth-order valence-electron chi connectivity index (χ4n) is 2.72. The second-order valence-corrected chi connectivity index (χ2v) is 5.25. The normalized spacial score (nSPS) is 12.6. The highest BCUT2D eigenvalue weighted by molar-refractivity contribution is 5.83. The SMILES string of the molecule is C1=COc2ccc(Cc3ccc4ccccc4c3)cc2N1. The minimum absolute atomic E-state index is 0.875. The molecule has 1 aliphatic heterocycles. The predicted octanol–water partition coefficient (Wildman–Crippen LogP) is 4.71. The Bertz CT molecular complexity index is 836. The molecule has 0 saturated carbocycles. The first-order valence-electron chi connectivity index (χ1n) is 7.07. The molecular weight excluding hydrogens is 258 g/mol. The van der Waals surface area contributed by atoms with Crippen molar-refractivity contribution in [3.05, 3.63) is 84.3 Å². The van der Waals surface area contributed by atoms with Crippen LogP contribution in [0.4, 0.5) is 5.69 Å². The van der Waals surface area contributed by atoms with Crippen molar-refractivity contribution < 1.29 is 4.74 Å². The first-order chi connectivity index (χ1) is 10.4. The molecule has 0 saturated heterocycles. The zero-order chi connectivity index (χ0) is 14.1. The maximum absolute atomic E-state index is 5.44. The van der Waals surface area contributed by atoms with Crippen molar-refractivity contribution in [2.45, 2.75) is 6.42 Å². The third-order valence-corrected chi connectivity index (χ3v) is 3.77. The molecule has 0 spiro atoms. The van der Waals surface area contributed by atoms with Crippen LogP contribution in [0.2, 0.25) is 0 Å². The topological polar surface area (TPSA) is 21.3 Å². The Balaban J connectivity index is 1.65. The van der Waals surface area contributed by atoms with Gasteiger partial charge in [0.05, 0.1) is 5.69 Å². The Morgan fingerprint density at radius 1 is 0.810 bits per heavy atom. The minimum atomic E-state index is 0.875. The molecule has 0 aromatic heterocycles. The van der Waals surface area contributed by atoms with Crippen molar-refractivity contribution in [1.29, 1.82) is 0 Å². The van der Waals surface area contributed by atoms with Crippen molar-refractivity contribution in [3.8, 4) is 5.75 Å². The average molecular weight is 273 g/mol. The molecule has 2 nitrogen and oxygen atoms in total. The maximum Gasteiger partial charge on any atom is 0.150 e. The summed E-state index contributed by atoms with van der Waals surface area (Å²) in [6.45, 7) is 0. The summed E-state index contributed by atoms with van der Waals surface area (Å²) in [6, 6.07) is 21.4. The van der Waals surface area contributed by atoms with Gasteiger partial charge in [0.1, 0.15) is 12.0 Å². The highest BCUT2D eigenvalue weighted by Gasteiger charge is 2.07. The zero-order valence-corrected chi connectivity index (χ0v) is 11.5. The van der Waals surface area contributed by atoms with Gasteiger partial charge in [0.25, 0.3) is 0 Å². The van der Waals surface area contributed by atoms with Gasteiger partial charge in [0.2, 0.25) is 0 Å². The van der Waals surface area contributed by atoms with Crippen LogP contribution in [-0.4, -0.2) is 0 Å². The Morgan fingerprint density at radius 2 is 1.62 bits per heavy atom. The van der Waals surface area contributed by atoms with E-state index in [9.17, 15) is 0 Å². The molecule has 21 heavy (non-hydrogen) atoms. The van der Waals surface area contributed by atoms with Gasteiger partial charge in [-0.3, -0.25) is 0 Å². The molecule has 0 atom stereocenters. The predicted molar refractivity (Wildman–Crippen MR) is 86.6 cm³/mol. The number of anilines is 1. The second-order valence-electron chi connectivity index (χ2n) is 5.25. The molecule has 1 aliphatic rings. The van der Waals surface area contributed by atoms with E-state index in [4.69, 9.17) is 4.74 Å². The lowest BCUT2D eigenvalue weighted by Crippen LogP contribution is -2.00. The molecule has 3 aromatic rings. The second kappa shape index (κ2) is 4.98. The zero-order valence-electron chi connectivity index (χ0n) is 11.5. The van der Waals surface area contributed by atoms with Gasteiger partial charge in [0.15, 0.2) is 0 Å². The Kier molecular flexibility index (Phi) is 2.86. The molecule has 0 aliphatic carbocycles. The van der Waals surface area contributed by atoms with Crippen LogP contribution in [0, 0.1) is 0 Å². The molecule has 0 amide bonds. The monoisotopic (exact) mass is 273 g/mol. The fraction of sp³-hybridized carbons (Fsp3) is 0.0526. The quantitative estimate of drug-likeness (QED) is 0.730. The molecule has 1 heterocycles. The van der Waals surface area contributed by atoms with Crippen LogP contribution in [0.1, 0.15) is 11.1 Å². The molecule has 0 bridgehead atoms. The first-order valence-corrected chi connectivity index (χ1v) is 7.07. The lowest BCUT2D eigenvalue weighted by molar-refractivity contribution is 0.477. The van der Waals surface area contributed by atoms with Crippen molar-refractivity contribution in [2.75, 3.05) is 5.32 Å². The van der Waals surface area contributed by atoms with Crippen molar-refractivity contribution in [1.82, 2.24) is 0 Å². The van der Waals surface area contributed by atoms with Crippen LogP contribution < -0.4 is 10.1 Å². The van der Waals surface area contributed by atoms with Crippen molar-refractivity contribution in [3.63, 3.8) is 0 Å². The van der Waals surface area contributed by atoms with Gasteiger partial charge in [-0.25, -0.2) is 0 Å². The van der Waals surface area contributed by atoms with E-state index in [-0.39, 0.29) is 0 Å². The molecule has 1 N–H and O–H groups in total. The summed E-state index contributed by atoms with van der Waals surface area (Å²) < 4.78 is 5.44. The molecule has 0 unspecified atom stereocenters. The molecule has 2 heteroatoms. The number of benzene rings is 3. The highest BCUT2D eigenvalue weighted by Crippen LogP contribution is 2.29. The van der Waals surface area contributed by atoms with Crippen LogP contribution in [0.5, 0.6) is 5.75 Å². The van der Waals surface area contributed by atoms with Gasteiger partial charge in [-0.2, -0.15) is 0 Å². The van der Waals surface area contributed by atoms with E-state index in [0.717, 1.165) is 17.9 Å². The largest absolute Gasteiger partial charge is 0.461 e. The summed E-state index contributed by atoms with van der Waals surface area (Å²) in [5, 5.41) is 5.79. The van der Waals surface area contributed by atoms with Crippen LogP contribution >= 0.6 is 0 Å². The van der Waals surface area contributed by atoms with E-state index in [1.807, 2.05) is 12.3 Å². The minimum Gasteiger partial charge on any atom is -0.461 e. The number of fused-ring (bicyclic) bond motifs is 2. The van der Waals surface area contributed by atoms with Gasteiger partial charge in [-0.05, 0) is 40.5 Å². The summed E-state index contributed by atoms with van der Waals surface area (Å²) in [6.07, 6.45) is 4.39. The third-order valence-electron chi connectivity index (χ3n) is 3.77. The summed E-state index contributed by atoms with van der Waals surface area (Å²) in [5.74, 6) is 0.875. The van der Waals surface area contributed by atoms with Crippen molar-refractivity contribution in [2.24, 2.45) is 0 Å². The number of hydrogen-bond acceptors (Lipinski definition) is 2. The average Bonchev–Trinajstić information content (AvgIpc) is 2.55. The molecule has 0 fully saturated rings. The molecule has 0 radical (unpaired) electrons. The maximum atomic E-state index is 5.44. The van der Waals surface area contributed by atoms with Crippen LogP contribution in [-0.2, 0) is 6.42 Å². The van der Waals surface area contributed by atoms with Gasteiger partial charge in [0, 0.05) is 6.20 Å². The summed E-state index contributed by atoms with van der Waals surface area (Å²) >= 11 is 0. The van der Waals surface area contributed by atoms with Crippen LogP contribution in [0.25, 0.3) is 10.8 Å². The molecule has 3 aromatic carbocycles. The first kappa shape index (κ1) is 12.0. The Morgan fingerprint density at radius 3 is 2.57 bits per heavy atom. The van der Waals surface area contributed by atoms with E-state index < -0.39 is 0 Å². The number of ether oxygens (including phenoxy) is 1. The number of nitrogens with one attached hydrogen (secondary N) is 1. The van der Waals surface area contributed by atoms with Gasteiger partial charge < -0.3 is 10.1 Å². The van der Waals surface area contributed by atoms with E-state index in [1.165, 1.54) is 21.9 Å². The summed E-state index contributed by atoms with van der Waals surface area (Å²) in [7, 11) is 0. The molecule has 102 valence electrons. The van der Waals surface area contributed by atoms with E-state index in [2.05, 4.69) is 59.9 Å². The number of rotatable bonds is 2.